The number of aromatic nitrogens is 1. The third kappa shape index (κ3) is 4.72. The fourth-order valence-corrected chi connectivity index (χ4v) is 4.19. The number of hydrogen-bond donors (Lipinski definition) is 1. The summed E-state index contributed by atoms with van der Waals surface area (Å²) in [4.78, 5) is 17.0. The first-order chi connectivity index (χ1) is 16.6. The molecule has 0 saturated carbocycles. The van der Waals surface area contributed by atoms with Crippen molar-refractivity contribution in [1.82, 2.24) is 4.98 Å². The number of carbonyl (C=O) groups excluding carboxylic acids is 1. The Morgan fingerprint density at radius 2 is 1.76 bits per heavy atom. The number of anilines is 1. The van der Waals surface area contributed by atoms with E-state index in [4.69, 9.17) is 8.83 Å². The monoisotopic (exact) mass is 512 g/mol. The highest BCUT2D eigenvalue weighted by Gasteiger charge is 2.12. The van der Waals surface area contributed by atoms with Crippen molar-refractivity contribution >= 4 is 44.7 Å². The Hall–Kier alpha value is -3.90. The summed E-state index contributed by atoms with van der Waals surface area (Å²) in [7, 11) is 0. The lowest BCUT2D eigenvalue weighted by Crippen LogP contribution is -2.07. The zero-order valence-electron chi connectivity index (χ0n) is 18.4. The average Bonchev–Trinajstić information content (AvgIpc) is 3.51. The molecule has 3 aromatic carbocycles. The topological polar surface area (TPSA) is 68.3 Å². The molecule has 6 heteroatoms. The maximum Gasteiger partial charge on any atom is 0.248 e. The number of oxazole rings is 1. The molecule has 34 heavy (non-hydrogen) atoms. The van der Waals surface area contributed by atoms with Crippen LogP contribution in [0.2, 0.25) is 0 Å². The van der Waals surface area contributed by atoms with Crippen LogP contribution in [0.1, 0.15) is 18.2 Å². The maximum atomic E-state index is 12.4. The van der Waals surface area contributed by atoms with E-state index in [0.717, 1.165) is 38.9 Å². The molecule has 0 unspecified atom stereocenters. The van der Waals surface area contributed by atoms with Crippen molar-refractivity contribution in [3.63, 3.8) is 0 Å². The molecule has 0 aliphatic carbocycles. The Morgan fingerprint density at radius 3 is 2.53 bits per heavy atom. The highest BCUT2D eigenvalue weighted by molar-refractivity contribution is 9.10. The lowest BCUT2D eigenvalue weighted by molar-refractivity contribution is -0.111. The minimum atomic E-state index is -0.247. The van der Waals surface area contributed by atoms with E-state index in [-0.39, 0.29) is 5.91 Å². The first-order valence-electron chi connectivity index (χ1n) is 10.9. The van der Waals surface area contributed by atoms with Crippen LogP contribution in [0.3, 0.4) is 0 Å². The zero-order valence-corrected chi connectivity index (χ0v) is 20.0. The van der Waals surface area contributed by atoms with Gasteiger partial charge in [-0.1, -0.05) is 37.3 Å². The molecule has 168 valence electrons. The van der Waals surface area contributed by atoms with Gasteiger partial charge in [-0.15, -0.1) is 0 Å². The van der Waals surface area contributed by atoms with Gasteiger partial charge < -0.3 is 14.2 Å². The van der Waals surface area contributed by atoms with Gasteiger partial charge in [0.25, 0.3) is 0 Å². The molecule has 0 aliphatic rings. The van der Waals surface area contributed by atoms with Crippen molar-refractivity contribution in [2.45, 2.75) is 13.3 Å². The van der Waals surface area contributed by atoms with Crippen molar-refractivity contribution in [2.75, 3.05) is 5.32 Å². The van der Waals surface area contributed by atoms with Crippen molar-refractivity contribution in [1.29, 1.82) is 0 Å². The number of amides is 1. The van der Waals surface area contributed by atoms with Gasteiger partial charge in [-0.05, 0) is 82.5 Å². The van der Waals surface area contributed by atoms with Crippen LogP contribution in [0.4, 0.5) is 5.69 Å². The lowest BCUT2D eigenvalue weighted by Gasteiger charge is -2.02. The number of benzene rings is 3. The Balaban J connectivity index is 1.25. The summed E-state index contributed by atoms with van der Waals surface area (Å²) in [6, 6.07) is 25.0. The predicted molar refractivity (Wildman–Crippen MR) is 138 cm³/mol. The molecule has 2 heterocycles. The highest BCUT2D eigenvalue weighted by atomic mass is 79.9. The lowest BCUT2D eigenvalue weighted by atomic mass is 10.1. The van der Waals surface area contributed by atoms with Crippen LogP contribution in [0.25, 0.3) is 40.0 Å². The molecule has 1 amide bonds. The number of carbonyl (C=O) groups is 1. The average molecular weight is 513 g/mol. The molecule has 0 atom stereocenters. The van der Waals surface area contributed by atoms with Crippen molar-refractivity contribution in [2.24, 2.45) is 0 Å². The molecule has 5 aromatic rings. The number of nitrogens with one attached hydrogen (secondary N) is 1. The predicted octanol–water partition coefficient (Wildman–Crippen LogP) is 7.73. The van der Waals surface area contributed by atoms with Gasteiger partial charge in [0, 0.05) is 22.9 Å². The number of aryl methyl sites for hydroxylation is 1. The van der Waals surface area contributed by atoms with E-state index < -0.39 is 0 Å². The molecule has 1 N–H and O–H groups in total. The minimum Gasteiger partial charge on any atom is -0.457 e. The Morgan fingerprint density at radius 1 is 0.971 bits per heavy atom. The molecule has 0 radical (unpaired) electrons. The second-order valence-corrected chi connectivity index (χ2v) is 8.62. The van der Waals surface area contributed by atoms with Crippen LogP contribution in [0, 0.1) is 0 Å². The summed E-state index contributed by atoms with van der Waals surface area (Å²) < 4.78 is 12.6. The minimum absolute atomic E-state index is 0.247. The van der Waals surface area contributed by atoms with Crippen LogP contribution in [-0.2, 0) is 11.2 Å². The van der Waals surface area contributed by atoms with Gasteiger partial charge in [0.05, 0.1) is 4.47 Å². The van der Waals surface area contributed by atoms with Crippen molar-refractivity contribution in [3.05, 3.63) is 101 Å². The van der Waals surface area contributed by atoms with Gasteiger partial charge in [0.2, 0.25) is 11.8 Å². The van der Waals surface area contributed by atoms with Crippen LogP contribution in [-0.4, -0.2) is 10.9 Å². The van der Waals surface area contributed by atoms with E-state index in [1.54, 1.807) is 6.08 Å². The number of furan rings is 1. The maximum absolute atomic E-state index is 12.4. The fourth-order valence-electron chi connectivity index (χ4n) is 3.61. The zero-order chi connectivity index (χ0) is 23.5. The second-order valence-electron chi connectivity index (χ2n) is 7.77. The summed E-state index contributed by atoms with van der Waals surface area (Å²) in [5.74, 6) is 1.66. The molecular weight excluding hydrogens is 492 g/mol. The highest BCUT2D eigenvalue weighted by Crippen LogP contribution is 2.31. The van der Waals surface area contributed by atoms with Crippen LogP contribution >= 0.6 is 15.9 Å². The van der Waals surface area contributed by atoms with Crippen molar-refractivity contribution < 1.29 is 13.6 Å². The number of hydrogen-bond acceptors (Lipinski definition) is 4. The molecular formula is C28H21BrN2O3. The van der Waals surface area contributed by atoms with E-state index in [1.807, 2.05) is 72.8 Å². The van der Waals surface area contributed by atoms with Gasteiger partial charge in [-0.25, -0.2) is 4.98 Å². The van der Waals surface area contributed by atoms with Gasteiger partial charge >= 0.3 is 0 Å². The van der Waals surface area contributed by atoms with E-state index in [0.29, 0.717) is 17.3 Å². The summed E-state index contributed by atoms with van der Waals surface area (Å²) in [5.41, 5.74) is 5.23. The molecule has 0 bridgehead atoms. The fraction of sp³-hybridized carbons (Fsp3) is 0.0714. The third-order valence-electron chi connectivity index (χ3n) is 5.40. The Kier molecular flexibility index (Phi) is 6.14. The first kappa shape index (κ1) is 21.9. The Labute approximate surface area is 205 Å². The summed E-state index contributed by atoms with van der Waals surface area (Å²) in [6.45, 7) is 2.10. The standard InChI is InChI=1S/C28H21BrN2O3/c1-2-18-16-23(29)27-24(17-18)31-28(34-27)20-8-10-21(11-9-20)30-26(32)15-13-22-12-14-25(33-22)19-6-4-3-5-7-19/h3-17H,2H2,1H3,(H,30,32)/b15-13+. The van der Waals surface area contributed by atoms with Crippen molar-refractivity contribution in [3.8, 4) is 22.8 Å². The molecule has 5 rings (SSSR count). The van der Waals surface area contributed by atoms with Gasteiger partial charge in [-0.3, -0.25) is 4.79 Å². The van der Waals surface area contributed by atoms with E-state index in [2.05, 4.69) is 39.2 Å². The van der Waals surface area contributed by atoms with E-state index in [9.17, 15) is 4.79 Å². The smallest absolute Gasteiger partial charge is 0.248 e. The number of rotatable bonds is 6. The molecule has 0 fully saturated rings. The van der Waals surface area contributed by atoms with Gasteiger partial charge in [0.15, 0.2) is 5.58 Å². The quantitative estimate of drug-likeness (QED) is 0.236. The van der Waals surface area contributed by atoms with E-state index >= 15 is 0 Å². The SMILES string of the molecule is CCc1cc(Br)c2oc(-c3ccc(NC(=O)/C=C/c4ccc(-c5ccccc5)o4)cc3)nc2c1. The second kappa shape index (κ2) is 9.53. The largest absolute Gasteiger partial charge is 0.457 e. The number of halogens is 1. The normalized spacial score (nSPS) is 11.4. The third-order valence-corrected chi connectivity index (χ3v) is 5.99. The number of nitrogens with zero attached hydrogens (tertiary/aromatic N) is 1. The van der Waals surface area contributed by atoms with Gasteiger partial charge in [-0.2, -0.15) is 0 Å². The van der Waals surface area contributed by atoms with Gasteiger partial charge in [0.1, 0.15) is 17.0 Å². The number of fused-ring (bicyclic) bond motifs is 1. The molecule has 5 nitrogen and oxygen atoms in total. The van der Waals surface area contributed by atoms with Crippen LogP contribution < -0.4 is 5.32 Å². The molecule has 2 aromatic heterocycles. The first-order valence-corrected chi connectivity index (χ1v) is 11.7. The summed E-state index contributed by atoms with van der Waals surface area (Å²) in [5, 5.41) is 2.85. The van der Waals surface area contributed by atoms with Crippen LogP contribution in [0.5, 0.6) is 0 Å². The molecule has 0 saturated heterocycles. The molecule has 0 spiro atoms. The van der Waals surface area contributed by atoms with Crippen LogP contribution in [0.15, 0.2) is 98.2 Å². The van der Waals surface area contributed by atoms with E-state index in [1.165, 1.54) is 11.6 Å². The molecule has 0 aliphatic heterocycles. The summed E-state index contributed by atoms with van der Waals surface area (Å²) in [6.07, 6.45) is 4.02. The summed E-state index contributed by atoms with van der Waals surface area (Å²) >= 11 is 3.56. The Bertz CT molecular complexity index is 1480.